The van der Waals surface area contributed by atoms with Crippen LogP contribution in [-0.2, 0) is 6.42 Å². The zero-order valence-corrected chi connectivity index (χ0v) is 11.7. The van der Waals surface area contributed by atoms with Crippen LogP contribution in [0.3, 0.4) is 0 Å². The Morgan fingerprint density at radius 3 is 2.26 bits per heavy atom. The molecule has 0 saturated heterocycles. The van der Waals surface area contributed by atoms with E-state index in [0.29, 0.717) is 0 Å². The van der Waals surface area contributed by atoms with Crippen molar-refractivity contribution in [3.05, 3.63) is 60.2 Å². The Kier molecular flexibility index (Phi) is 4.10. The molecule has 2 aromatic rings. The summed E-state index contributed by atoms with van der Waals surface area (Å²) in [5, 5.41) is 0. The summed E-state index contributed by atoms with van der Waals surface area (Å²) in [5.41, 5.74) is 1.02. The van der Waals surface area contributed by atoms with Crippen LogP contribution < -0.4 is 9.47 Å². The average Bonchev–Trinajstić information content (AvgIpc) is 2.39. The molecule has 100 valence electrons. The molecule has 0 saturated carbocycles. The van der Waals surface area contributed by atoms with Crippen LogP contribution in [0.4, 0.5) is 0 Å². The smallest absolute Gasteiger partial charge is 0.123 e. The highest BCUT2D eigenvalue weighted by Gasteiger charge is 2.20. The molecule has 0 amide bonds. The van der Waals surface area contributed by atoms with Gasteiger partial charge in [-0.1, -0.05) is 36.4 Å². The highest BCUT2D eigenvalue weighted by Crippen LogP contribution is 2.25. The van der Waals surface area contributed by atoms with Gasteiger partial charge in [-0.05, 0) is 31.5 Å². The Hall–Kier alpha value is -1.96. The zero-order valence-electron chi connectivity index (χ0n) is 11.7. The SMILES string of the molecule is COc1cccc(OC(C)(C)Cc2ccccc2)c1. The first-order chi connectivity index (χ1) is 9.09. The van der Waals surface area contributed by atoms with Crippen LogP contribution in [0.2, 0.25) is 0 Å². The highest BCUT2D eigenvalue weighted by atomic mass is 16.5. The summed E-state index contributed by atoms with van der Waals surface area (Å²) in [4.78, 5) is 0. The molecule has 0 aliphatic rings. The molecule has 0 radical (unpaired) electrons. The number of rotatable bonds is 5. The second-order valence-electron chi connectivity index (χ2n) is 5.20. The molecule has 0 aliphatic heterocycles. The zero-order chi connectivity index (χ0) is 13.7. The van der Waals surface area contributed by atoms with Gasteiger partial charge in [0, 0.05) is 12.5 Å². The van der Waals surface area contributed by atoms with E-state index in [1.807, 2.05) is 30.3 Å². The fourth-order valence-corrected chi connectivity index (χ4v) is 2.11. The third-order valence-electron chi connectivity index (χ3n) is 2.91. The average molecular weight is 256 g/mol. The van der Waals surface area contributed by atoms with Crippen LogP contribution in [0, 0.1) is 0 Å². The van der Waals surface area contributed by atoms with Crippen molar-refractivity contribution in [1.29, 1.82) is 0 Å². The molecular formula is C17H20O2. The van der Waals surface area contributed by atoms with Crippen LogP contribution >= 0.6 is 0 Å². The predicted molar refractivity (Wildman–Crippen MR) is 77.8 cm³/mol. The molecule has 2 heteroatoms. The van der Waals surface area contributed by atoms with Crippen LogP contribution in [0.25, 0.3) is 0 Å². The second kappa shape index (κ2) is 5.79. The van der Waals surface area contributed by atoms with E-state index in [0.717, 1.165) is 17.9 Å². The summed E-state index contributed by atoms with van der Waals surface area (Å²) in [6.07, 6.45) is 0.866. The summed E-state index contributed by atoms with van der Waals surface area (Å²) < 4.78 is 11.3. The van der Waals surface area contributed by atoms with E-state index in [4.69, 9.17) is 9.47 Å². The molecule has 0 atom stereocenters. The molecule has 0 aromatic heterocycles. The molecule has 2 rings (SSSR count). The van der Waals surface area contributed by atoms with E-state index in [-0.39, 0.29) is 5.60 Å². The standard InChI is InChI=1S/C17H20O2/c1-17(2,13-14-8-5-4-6-9-14)19-16-11-7-10-15(12-16)18-3/h4-12H,13H2,1-3H3. The van der Waals surface area contributed by atoms with Gasteiger partial charge in [0.1, 0.15) is 17.1 Å². The molecule has 0 bridgehead atoms. The van der Waals surface area contributed by atoms with Crippen molar-refractivity contribution in [3.63, 3.8) is 0 Å². The maximum absolute atomic E-state index is 6.07. The Bertz CT molecular complexity index is 518. The van der Waals surface area contributed by atoms with Crippen LogP contribution in [0.5, 0.6) is 11.5 Å². The molecule has 2 nitrogen and oxygen atoms in total. The van der Waals surface area contributed by atoms with Crippen molar-refractivity contribution >= 4 is 0 Å². The Morgan fingerprint density at radius 1 is 0.895 bits per heavy atom. The van der Waals surface area contributed by atoms with E-state index in [1.54, 1.807) is 7.11 Å². The second-order valence-corrected chi connectivity index (χ2v) is 5.20. The third kappa shape index (κ3) is 4.02. The molecule has 19 heavy (non-hydrogen) atoms. The maximum Gasteiger partial charge on any atom is 0.123 e. The van der Waals surface area contributed by atoms with E-state index in [1.165, 1.54) is 5.56 Å². The largest absolute Gasteiger partial charge is 0.497 e. The summed E-state index contributed by atoms with van der Waals surface area (Å²) >= 11 is 0. The van der Waals surface area contributed by atoms with Gasteiger partial charge in [-0.25, -0.2) is 0 Å². The summed E-state index contributed by atoms with van der Waals surface area (Å²) in [5.74, 6) is 1.65. The van der Waals surface area contributed by atoms with Crippen molar-refractivity contribution in [1.82, 2.24) is 0 Å². The van der Waals surface area contributed by atoms with Gasteiger partial charge in [-0.2, -0.15) is 0 Å². The van der Waals surface area contributed by atoms with Crippen molar-refractivity contribution in [3.8, 4) is 11.5 Å². The lowest BCUT2D eigenvalue weighted by atomic mass is 9.98. The first-order valence-electron chi connectivity index (χ1n) is 6.46. The van der Waals surface area contributed by atoms with Crippen molar-refractivity contribution in [2.75, 3.05) is 7.11 Å². The van der Waals surface area contributed by atoms with Crippen LogP contribution in [-0.4, -0.2) is 12.7 Å². The molecule has 0 fully saturated rings. The quantitative estimate of drug-likeness (QED) is 0.802. The lowest BCUT2D eigenvalue weighted by Gasteiger charge is -2.27. The minimum atomic E-state index is -0.256. The lowest BCUT2D eigenvalue weighted by molar-refractivity contribution is 0.109. The van der Waals surface area contributed by atoms with Crippen molar-refractivity contribution in [2.45, 2.75) is 25.9 Å². The molecule has 0 spiro atoms. The predicted octanol–water partition coefficient (Wildman–Crippen LogP) is 4.10. The van der Waals surface area contributed by atoms with E-state index < -0.39 is 0 Å². The number of methoxy groups -OCH3 is 1. The lowest BCUT2D eigenvalue weighted by Crippen LogP contribution is -2.30. The van der Waals surface area contributed by atoms with E-state index in [9.17, 15) is 0 Å². The van der Waals surface area contributed by atoms with Crippen molar-refractivity contribution in [2.24, 2.45) is 0 Å². The summed E-state index contributed by atoms with van der Waals surface area (Å²) in [7, 11) is 1.66. The van der Waals surface area contributed by atoms with Gasteiger partial charge in [0.15, 0.2) is 0 Å². The van der Waals surface area contributed by atoms with E-state index >= 15 is 0 Å². The summed E-state index contributed by atoms with van der Waals surface area (Å²) in [6, 6.07) is 18.1. The molecule has 0 unspecified atom stereocenters. The maximum atomic E-state index is 6.07. The van der Waals surface area contributed by atoms with Gasteiger partial charge < -0.3 is 9.47 Å². The first-order valence-corrected chi connectivity index (χ1v) is 6.46. The minimum Gasteiger partial charge on any atom is -0.497 e. The Morgan fingerprint density at radius 2 is 1.58 bits per heavy atom. The van der Waals surface area contributed by atoms with Gasteiger partial charge in [-0.3, -0.25) is 0 Å². The monoisotopic (exact) mass is 256 g/mol. The third-order valence-corrected chi connectivity index (χ3v) is 2.91. The van der Waals surface area contributed by atoms with Gasteiger partial charge in [0.05, 0.1) is 7.11 Å². The fourth-order valence-electron chi connectivity index (χ4n) is 2.11. The number of hydrogen-bond acceptors (Lipinski definition) is 2. The normalized spacial score (nSPS) is 11.1. The van der Waals surface area contributed by atoms with Crippen LogP contribution in [0.1, 0.15) is 19.4 Å². The molecule has 0 N–H and O–H groups in total. The Labute approximate surface area is 115 Å². The number of hydrogen-bond donors (Lipinski definition) is 0. The molecule has 0 aliphatic carbocycles. The Balaban J connectivity index is 2.07. The summed E-state index contributed by atoms with van der Waals surface area (Å²) in [6.45, 7) is 4.19. The fraction of sp³-hybridized carbons (Fsp3) is 0.294. The molecule has 2 aromatic carbocycles. The number of ether oxygens (including phenoxy) is 2. The van der Waals surface area contributed by atoms with Gasteiger partial charge in [0.2, 0.25) is 0 Å². The van der Waals surface area contributed by atoms with Crippen molar-refractivity contribution < 1.29 is 9.47 Å². The van der Waals surface area contributed by atoms with Crippen LogP contribution in [0.15, 0.2) is 54.6 Å². The topological polar surface area (TPSA) is 18.5 Å². The molecular weight excluding hydrogens is 236 g/mol. The van der Waals surface area contributed by atoms with Gasteiger partial charge in [0.25, 0.3) is 0 Å². The van der Waals surface area contributed by atoms with Gasteiger partial charge in [-0.15, -0.1) is 0 Å². The highest BCUT2D eigenvalue weighted by molar-refractivity contribution is 5.33. The van der Waals surface area contributed by atoms with Gasteiger partial charge >= 0.3 is 0 Å². The number of benzene rings is 2. The minimum absolute atomic E-state index is 0.256. The molecule has 0 heterocycles. The van der Waals surface area contributed by atoms with E-state index in [2.05, 4.69) is 38.1 Å². The first kappa shape index (κ1) is 13.5.